The molecular formula is C32H36ClN3O4S. The van der Waals surface area contributed by atoms with Crippen molar-refractivity contribution in [3.05, 3.63) is 82.9 Å². The smallest absolute Gasteiger partial charge is 0.303 e. The molecule has 0 saturated carbocycles. The van der Waals surface area contributed by atoms with Crippen LogP contribution in [0.5, 0.6) is 5.75 Å². The van der Waals surface area contributed by atoms with E-state index in [1.807, 2.05) is 36.4 Å². The Morgan fingerprint density at radius 3 is 2.39 bits per heavy atom. The van der Waals surface area contributed by atoms with Gasteiger partial charge in [-0.25, -0.2) is 0 Å². The van der Waals surface area contributed by atoms with Gasteiger partial charge in [0, 0.05) is 55.3 Å². The SMILES string of the molecule is COc1ccc([C@@H]2Sc3cc(Cl)ccc3N(CCCN3CCN(c4ccccc4C)CC3)C(=O)C2OC(C)=O)cc1. The van der Waals surface area contributed by atoms with E-state index in [0.29, 0.717) is 17.3 Å². The molecule has 2 heterocycles. The van der Waals surface area contributed by atoms with Crippen LogP contribution < -0.4 is 14.5 Å². The Hall–Kier alpha value is -3.20. The Bertz CT molecular complexity index is 1380. The zero-order chi connectivity index (χ0) is 28.9. The maximum Gasteiger partial charge on any atom is 0.303 e. The Morgan fingerprint density at radius 1 is 0.976 bits per heavy atom. The summed E-state index contributed by atoms with van der Waals surface area (Å²) in [6, 6.07) is 21.6. The van der Waals surface area contributed by atoms with E-state index < -0.39 is 17.3 Å². The molecule has 2 aliphatic rings. The minimum Gasteiger partial charge on any atom is -0.497 e. The van der Waals surface area contributed by atoms with E-state index in [0.717, 1.165) is 55.3 Å². The largest absolute Gasteiger partial charge is 0.497 e. The molecule has 0 spiro atoms. The lowest BCUT2D eigenvalue weighted by atomic mass is 10.1. The number of nitrogens with zero attached hydrogens (tertiary/aromatic N) is 3. The molecule has 0 aromatic heterocycles. The topological polar surface area (TPSA) is 62.3 Å². The van der Waals surface area contributed by atoms with Crippen LogP contribution in [0, 0.1) is 6.92 Å². The van der Waals surface area contributed by atoms with Crippen molar-refractivity contribution in [1.82, 2.24) is 4.90 Å². The number of piperazine rings is 1. The van der Waals surface area contributed by atoms with Crippen LogP contribution in [0.15, 0.2) is 71.6 Å². The van der Waals surface area contributed by atoms with E-state index in [-0.39, 0.29) is 5.91 Å². The maximum absolute atomic E-state index is 14.1. The van der Waals surface area contributed by atoms with E-state index >= 15 is 0 Å². The number of benzene rings is 3. The molecule has 1 unspecified atom stereocenters. The predicted octanol–water partition coefficient (Wildman–Crippen LogP) is 5.98. The number of halogens is 1. The normalized spacial score (nSPS) is 19.5. The van der Waals surface area contributed by atoms with Gasteiger partial charge in [-0.15, -0.1) is 11.8 Å². The predicted molar refractivity (Wildman–Crippen MR) is 165 cm³/mol. The number of esters is 1. The minimum atomic E-state index is -0.977. The van der Waals surface area contributed by atoms with Crippen molar-refractivity contribution in [2.24, 2.45) is 0 Å². The lowest BCUT2D eigenvalue weighted by molar-refractivity contribution is -0.152. The number of aryl methyl sites for hydroxylation is 1. The molecule has 0 N–H and O–H groups in total. The zero-order valence-electron chi connectivity index (χ0n) is 23.7. The third kappa shape index (κ3) is 6.83. The van der Waals surface area contributed by atoms with Gasteiger partial charge in [-0.1, -0.05) is 41.9 Å². The van der Waals surface area contributed by atoms with Crippen molar-refractivity contribution in [2.45, 2.75) is 36.5 Å². The lowest BCUT2D eigenvalue weighted by Crippen LogP contribution is -2.48. The third-order valence-electron chi connectivity index (χ3n) is 7.67. The van der Waals surface area contributed by atoms with Crippen molar-refractivity contribution in [3.8, 4) is 5.75 Å². The summed E-state index contributed by atoms with van der Waals surface area (Å²) < 4.78 is 11.0. The second kappa shape index (κ2) is 13.2. The number of anilines is 2. The van der Waals surface area contributed by atoms with Crippen molar-refractivity contribution >= 4 is 46.6 Å². The molecule has 7 nitrogen and oxygen atoms in total. The maximum atomic E-state index is 14.1. The van der Waals surface area contributed by atoms with Gasteiger partial charge < -0.3 is 19.3 Å². The molecule has 0 bridgehead atoms. The van der Waals surface area contributed by atoms with Gasteiger partial charge in [-0.05, 0) is 67.4 Å². The molecule has 41 heavy (non-hydrogen) atoms. The van der Waals surface area contributed by atoms with E-state index in [1.165, 1.54) is 29.9 Å². The second-order valence-electron chi connectivity index (χ2n) is 10.4. The van der Waals surface area contributed by atoms with Gasteiger partial charge in [-0.2, -0.15) is 0 Å². The molecule has 2 atom stereocenters. The number of ether oxygens (including phenoxy) is 2. The molecule has 0 radical (unpaired) electrons. The highest BCUT2D eigenvalue weighted by Gasteiger charge is 2.41. The first kappa shape index (κ1) is 29.3. The molecular weight excluding hydrogens is 558 g/mol. The summed E-state index contributed by atoms with van der Waals surface area (Å²) in [5.41, 5.74) is 4.27. The number of para-hydroxylation sites is 1. The van der Waals surface area contributed by atoms with Crippen LogP contribution in [-0.4, -0.2) is 69.3 Å². The van der Waals surface area contributed by atoms with Crippen molar-refractivity contribution < 1.29 is 19.1 Å². The molecule has 3 aromatic rings. The molecule has 1 amide bonds. The lowest BCUT2D eigenvalue weighted by Gasteiger charge is -2.37. The quantitative estimate of drug-likeness (QED) is 0.298. The van der Waals surface area contributed by atoms with Crippen LogP contribution in [0.3, 0.4) is 0 Å². The van der Waals surface area contributed by atoms with Crippen LogP contribution in [-0.2, 0) is 14.3 Å². The summed E-state index contributed by atoms with van der Waals surface area (Å²) >= 11 is 7.91. The number of rotatable bonds is 8. The van der Waals surface area contributed by atoms with Gasteiger partial charge >= 0.3 is 5.97 Å². The number of methoxy groups -OCH3 is 1. The molecule has 3 aromatic carbocycles. The Balaban J connectivity index is 1.32. The monoisotopic (exact) mass is 593 g/mol. The fourth-order valence-corrected chi connectivity index (χ4v) is 7.14. The summed E-state index contributed by atoms with van der Waals surface area (Å²) in [7, 11) is 1.61. The molecule has 9 heteroatoms. The van der Waals surface area contributed by atoms with Crippen molar-refractivity contribution in [2.75, 3.05) is 56.2 Å². The van der Waals surface area contributed by atoms with Crippen LogP contribution in [0.4, 0.5) is 11.4 Å². The summed E-state index contributed by atoms with van der Waals surface area (Å²) in [6.45, 7) is 8.79. The van der Waals surface area contributed by atoms with Crippen molar-refractivity contribution in [3.63, 3.8) is 0 Å². The van der Waals surface area contributed by atoms with Crippen LogP contribution in [0.2, 0.25) is 5.02 Å². The Morgan fingerprint density at radius 2 is 1.71 bits per heavy atom. The minimum absolute atomic E-state index is 0.223. The molecule has 1 saturated heterocycles. The van der Waals surface area contributed by atoms with E-state index in [2.05, 4.69) is 41.0 Å². The van der Waals surface area contributed by atoms with Gasteiger partial charge in [-0.3, -0.25) is 14.5 Å². The first-order chi connectivity index (χ1) is 19.8. The average molecular weight is 594 g/mol. The zero-order valence-corrected chi connectivity index (χ0v) is 25.3. The number of fused-ring (bicyclic) bond motifs is 1. The van der Waals surface area contributed by atoms with Gasteiger partial charge in [0.25, 0.3) is 5.91 Å². The van der Waals surface area contributed by atoms with Crippen LogP contribution in [0.1, 0.15) is 29.7 Å². The number of carbonyl (C=O) groups excluding carboxylic acids is 2. The summed E-state index contributed by atoms with van der Waals surface area (Å²) in [5, 5.41) is 0.156. The summed E-state index contributed by atoms with van der Waals surface area (Å²) in [6.07, 6.45) is -0.183. The number of hydrogen-bond acceptors (Lipinski definition) is 7. The van der Waals surface area contributed by atoms with E-state index in [9.17, 15) is 9.59 Å². The highest BCUT2D eigenvalue weighted by molar-refractivity contribution is 7.99. The summed E-state index contributed by atoms with van der Waals surface area (Å²) in [5.74, 6) is 0.00410. The van der Waals surface area contributed by atoms with Crippen LogP contribution >= 0.6 is 23.4 Å². The number of hydrogen-bond donors (Lipinski definition) is 0. The van der Waals surface area contributed by atoms with E-state index in [1.54, 1.807) is 18.1 Å². The second-order valence-corrected chi connectivity index (χ2v) is 12.0. The first-order valence-corrected chi connectivity index (χ1v) is 15.2. The number of amides is 1. The number of carbonyl (C=O) groups is 2. The fraction of sp³-hybridized carbons (Fsp3) is 0.375. The van der Waals surface area contributed by atoms with E-state index in [4.69, 9.17) is 21.1 Å². The third-order valence-corrected chi connectivity index (χ3v) is 9.26. The van der Waals surface area contributed by atoms with Crippen molar-refractivity contribution in [1.29, 1.82) is 0 Å². The van der Waals surface area contributed by atoms with Crippen LogP contribution in [0.25, 0.3) is 0 Å². The molecule has 1 fully saturated rings. The van der Waals surface area contributed by atoms with Gasteiger partial charge in [0.15, 0.2) is 6.10 Å². The number of thioether (sulfide) groups is 1. The Labute approximate surface area is 251 Å². The highest BCUT2D eigenvalue weighted by Crippen LogP contribution is 2.47. The summed E-state index contributed by atoms with van der Waals surface area (Å²) in [4.78, 5) is 33.9. The molecule has 216 valence electrons. The molecule has 2 aliphatic heterocycles. The highest BCUT2D eigenvalue weighted by atomic mass is 35.5. The molecule has 5 rings (SSSR count). The fourth-order valence-electron chi connectivity index (χ4n) is 5.55. The molecule has 0 aliphatic carbocycles. The first-order valence-electron chi connectivity index (χ1n) is 14.0. The Kier molecular flexibility index (Phi) is 9.42. The van der Waals surface area contributed by atoms with Gasteiger partial charge in [0.05, 0.1) is 18.0 Å². The van der Waals surface area contributed by atoms with Gasteiger partial charge in [0.1, 0.15) is 5.75 Å². The standard InChI is InChI=1S/C32H36ClN3O4S/c1-22-7-4-5-8-27(22)35-19-17-34(18-20-35)15-6-16-36-28-14-11-25(33)21-29(28)41-31(30(32(36)38)40-23(2)37)24-9-12-26(39-3)13-10-24/h4-5,7-14,21,30-31H,6,15-20H2,1-3H3/t30?,31-/m0/s1. The average Bonchev–Trinajstić information content (AvgIpc) is 3.08. The van der Waals surface area contributed by atoms with Gasteiger partial charge in [0.2, 0.25) is 0 Å².